The van der Waals surface area contributed by atoms with Gasteiger partial charge in [-0.3, -0.25) is 0 Å². The highest BCUT2D eigenvalue weighted by Gasteiger charge is 2.26. The van der Waals surface area contributed by atoms with Gasteiger partial charge in [0.1, 0.15) is 0 Å². The molecule has 4 nitrogen and oxygen atoms in total. The van der Waals surface area contributed by atoms with E-state index in [2.05, 4.69) is 19.9 Å². The van der Waals surface area contributed by atoms with Crippen LogP contribution in [0.3, 0.4) is 0 Å². The molecule has 4 heteroatoms. The van der Waals surface area contributed by atoms with Crippen molar-refractivity contribution in [3.8, 4) is 0 Å². The highest BCUT2D eigenvalue weighted by atomic mass is 16.7. The zero-order valence-electron chi connectivity index (χ0n) is 15.4. The fourth-order valence-corrected chi connectivity index (χ4v) is 3.75. The van der Waals surface area contributed by atoms with E-state index in [9.17, 15) is 0 Å². The molecule has 0 saturated carbocycles. The quantitative estimate of drug-likeness (QED) is 0.677. The van der Waals surface area contributed by atoms with E-state index in [0.29, 0.717) is 11.8 Å². The van der Waals surface area contributed by atoms with Crippen molar-refractivity contribution in [3.05, 3.63) is 11.6 Å². The lowest BCUT2D eigenvalue weighted by Crippen LogP contribution is -2.35. The van der Waals surface area contributed by atoms with Gasteiger partial charge in [-0.2, -0.15) is 0 Å². The second-order valence-corrected chi connectivity index (χ2v) is 8.01. The van der Waals surface area contributed by atoms with Crippen molar-refractivity contribution in [2.45, 2.75) is 71.4 Å². The summed E-state index contributed by atoms with van der Waals surface area (Å²) < 4.78 is 23.2. The third-order valence-corrected chi connectivity index (χ3v) is 5.54. The Morgan fingerprint density at radius 1 is 0.833 bits per heavy atom. The molecule has 2 aliphatic heterocycles. The van der Waals surface area contributed by atoms with Gasteiger partial charge in [-0.1, -0.05) is 18.6 Å². The lowest BCUT2D eigenvalue weighted by molar-refractivity contribution is -0.229. The first-order valence-electron chi connectivity index (χ1n) is 9.81. The summed E-state index contributed by atoms with van der Waals surface area (Å²) in [7, 11) is 0. The Kier molecular flexibility index (Phi) is 7.14. The molecule has 0 spiro atoms. The van der Waals surface area contributed by atoms with Gasteiger partial charge in [-0.25, -0.2) is 0 Å². The molecular formula is C20H34O4. The minimum atomic E-state index is -0.0759. The lowest BCUT2D eigenvalue weighted by Gasteiger charge is -2.32. The molecule has 138 valence electrons. The largest absolute Gasteiger partial charge is 0.352 e. The number of hydrogen-bond acceptors (Lipinski definition) is 4. The van der Waals surface area contributed by atoms with Gasteiger partial charge in [0, 0.05) is 24.7 Å². The molecule has 2 fully saturated rings. The van der Waals surface area contributed by atoms with Crippen LogP contribution in [0.25, 0.3) is 0 Å². The number of allylic oxidation sites excluding steroid dienone is 2. The molecule has 0 aromatic carbocycles. The summed E-state index contributed by atoms with van der Waals surface area (Å²) in [6.07, 6.45) is 10.5. The predicted octanol–water partition coefficient (Wildman–Crippen LogP) is 4.29. The minimum Gasteiger partial charge on any atom is -0.352 e. The summed E-state index contributed by atoms with van der Waals surface area (Å²) in [4.78, 5) is 0. The van der Waals surface area contributed by atoms with E-state index in [1.54, 1.807) is 5.57 Å². The molecule has 3 aliphatic rings. The van der Waals surface area contributed by atoms with E-state index in [-0.39, 0.29) is 12.6 Å². The Morgan fingerprint density at radius 3 is 2.00 bits per heavy atom. The average molecular weight is 338 g/mol. The summed E-state index contributed by atoms with van der Waals surface area (Å²) in [6, 6.07) is 0. The standard InChI is InChI=1S/C20H34O4/c1-15-3-5-17(6-4-15)7-8-18-13-23-20(24-14-18)10-9-19-21-11-16(2)12-22-19/h3,16-20H,4-14H2,1-2H3. The third kappa shape index (κ3) is 5.83. The molecule has 24 heavy (non-hydrogen) atoms. The predicted molar refractivity (Wildman–Crippen MR) is 93.6 cm³/mol. The maximum Gasteiger partial charge on any atom is 0.157 e. The fraction of sp³-hybridized carbons (Fsp3) is 0.900. The molecule has 0 N–H and O–H groups in total. The van der Waals surface area contributed by atoms with Crippen LogP contribution in [0.1, 0.15) is 58.8 Å². The van der Waals surface area contributed by atoms with Crippen molar-refractivity contribution in [1.29, 1.82) is 0 Å². The Hall–Kier alpha value is -0.420. The van der Waals surface area contributed by atoms with E-state index in [1.165, 1.54) is 32.1 Å². The zero-order chi connectivity index (χ0) is 16.8. The molecule has 0 aromatic heterocycles. The molecule has 2 saturated heterocycles. The molecule has 1 unspecified atom stereocenters. The maximum atomic E-state index is 5.91. The molecule has 3 rings (SSSR count). The normalized spacial score (nSPS) is 37.9. The molecule has 0 bridgehead atoms. The number of hydrogen-bond donors (Lipinski definition) is 0. The zero-order valence-corrected chi connectivity index (χ0v) is 15.4. The molecule has 0 amide bonds. The molecular weight excluding hydrogens is 304 g/mol. The van der Waals surface area contributed by atoms with E-state index in [1.807, 2.05) is 0 Å². The monoisotopic (exact) mass is 338 g/mol. The van der Waals surface area contributed by atoms with Crippen molar-refractivity contribution in [3.63, 3.8) is 0 Å². The second kappa shape index (κ2) is 9.33. The first-order chi connectivity index (χ1) is 11.7. The maximum absolute atomic E-state index is 5.91. The van der Waals surface area contributed by atoms with Crippen LogP contribution in [0.5, 0.6) is 0 Å². The topological polar surface area (TPSA) is 36.9 Å². The van der Waals surface area contributed by atoms with Crippen LogP contribution in [0.15, 0.2) is 11.6 Å². The van der Waals surface area contributed by atoms with Crippen LogP contribution in [0.4, 0.5) is 0 Å². The van der Waals surface area contributed by atoms with Crippen molar-refractivity contribution >= 4 is 0 Å². The van der Waals surface area contributed by atoms with Crippen LogP contribution in [-0.4, -0.2) is 39.0 Å². The van der Waals surface area contributed by atoms with Crippen molar-refractivity contribution in [2.75, 3.05) is 26.4 Å². The Labute approximate surface area is 146 Å². The minimum absolute atomic E-state index is 0.0751. The van der Waals surface area contributed by atoms with Crippen molar-refractivity contribution in [2.24, 2.45) is 17.8 Å². The first kappa shape index (κ1) is 18.4. The van der Waals surface area contributed by atoms with Gasteiger partial charge >= 0.3 is 0 Å². The molecule has 1 atom stereocenters. The van der Waals surface area contributed by atoms with Crippen LogP contribution in [0, 0.1) is 17.8 Å². The van der Waals surface area contributed by atoms with Gasteiger partial charge in [-0.05, 0) is 44.9 Å². The van der Waals surface area contributed by atoms with Gasteiger partial charge < -0.3 is 18.9 Å². The molecule has 0 radical (unpaired) electrons. The number of ether oxygens (including phenoxy) is 4. The van der Waals surface area contributed by atoms with E-state index >= 15 is 0 Å². The Morgan fingerprint density at radius 2 is 1.42 bits per heavy atom. The van der Waals surface area contributed by atoms with E-state index < -0.39 is 0 Å². The molecule has 2 heterocycles. The summed E-state index contributed by atoms with van der Waals surface area (Å²) in [5, 5.41) is 0. The average Bonchev–Trinajstić information content (AvgIpc) is 2.62. The Balaban J connectivity index is 1.26. The smallest absolute Gasteiger partial charge is 0.157 e. The highest BCUT2D eigenvalue weighted by molar-refractivity contribution is 5.02. The lowest BCUT2D eigenvalue weighted by atomic mass is 9.85. The third-order valence-electron chi connectivity index (χ3n) is 5.54. The summed E-state index contributed by atoms with van der Waals surface area (Å²) in [5.74, 6) is 1.94. The van der Waals surface area contributed by atoms with Gasteiger partial charge in [0.2, 0.25) is 0 Å². The van der Waals surface area contributed by atoms with Crippen molar-refractivity contribution in [1.82, 2.24) is 0 Å². The van der Waals surface area contributed by atoms with E-state index in [0.717, 1.165) is 45.2 Å². The highest BCUT2D eigenvalue weighted by Crippen LogP contribution is 2.29. The number of rotatable bonds is 6. The van der Waals surface area contributed by atoms with Gasteiger partial charge in [0.25, 0.3) is 0 Å². The van der Waals surface area contributed by atoms with Crippen LogP contribution < -0.4 is 0 Å². The summed E-state index contributed by atoms with van der Waals surface area (Å²) in [5.41, 5.74) is 1.57. The Bertz CT molecular complexity index is 392. The van der Waals surface area contributed by atoms with Crippen LogP contribution >= 0.6 is 0 Å². The molecule has 0 aromatic rings. The van der Waals surface area contributed by atoms with Gasteiger partial charge in [0.15, 0.2) is 12.6 Å². The van der Waals surface area contributed by atoms with Gasteiger partial charge in [0.05, 0.1) is 26.4 Å². The fourth-order valence-electron chi connectivity index (χ4n) is 3.75. The SMILES string of the molecule is CC1=CCC(CCC2COC(CCC3OCC(C)CO3)OC2)CC1. The molecule has 1 aliphatic carbocycles. The summed E-state index contributed by atoms with van der Waals surface area (Å²) in [6.45, 7) is 7.69. The second-order valence-electron chi connectivity index (χ2n) is 8.01. The van der Waals surface area contributed by atoms with Gasteiger partial charge in [-0.15, -0.1) is 0 Å². The summed E-state index contributed by atoms with van der Waals surface area (Å²) >= 11 is 0. The first-order valence-corrected chi connectivity index (χ1v) is 9.81. The van der Waals surface area contributed by atoms with Crippen LogP contribution in [0.2, 0.25) is 0 Å². The van der Waals surface area contributed by atoms with E-state index in [4.69, 9.17) is 18.9 Å². The van der Waals surface area contributed by atoms with Crippen LogP contribution in [-0.2, 0) is 18.9 Å². The van der Waals surface area contributed by atoms with Crippen molar-refractivity contribution < 1.29 is 18.9 Å².